The Hall–Kier alpha value is -2.20. The number of anilines is 2. The van der Waals surface area contributed by atoms with Crippen molar-refractivity contribution in [3.05, 3.63) is 53.1 Å². The molecule has 2 aromatic carbocycles. The zero-order valence-corrected chi connectivity index (χ0v) is 13.6. The molecule has 0 aromatic heterocycles. The molecule has 0 aliphatic carbocycles. The third-order valence-corrected chi connectivity index (χ3v) is 4.24. The minimum atomic E-state index is 0.0607. The van der Waals surface area contributed by atoms with E-state index in [2.05, 4.69) is 0 Å². The first-order valence-corrected chi connectivity index (χ1v) is 8.09. The van der Waals surface area contributed by atoms with Gasteiger partial charge in [-0.25, -0.2) is 0 Å². The Morgan fingerprint density at radius 2 is 2.00 bits per heavy atom. The number of carbonyl (C=O) groups excluding carboxylic acids is 1. The fourth-order valence-electron chi connectivity index (χ4n) is 2.83. The van der Waals surface area contributed by atoms with Gasteiger partial charge in [-0.2, -0.15) is 0 Å². The molecule has 1 aliphatic heterocycles. The first-order valence-electron chi connectivity index (χ1n) is 7.71. The number of benzene rings is 2. The molecule has 0 saturated carbocycles. The summed E-state index contributed by atoms with van der Waals surface area (Å²) < 4.78 is 5.60. The summed E-state index contributed by atoms with van der Waals surface area (Å²) in [5.74, 6) is 0.774. The van der Waals surface area contributed by atoms with Crippen LogP contribution in [-0.4, -0.2) is 19.1 Å². The lowest BCUT2D eigenvalue weighted by Crippen LogP contribution is -2.36. The second-order valence-electron chi connectivity index (χ2n) is 5.55. The summed E-state index contributed by atoms with van der Waals surface area (Å²) in [6, 6.07) is 12.9. The molecule has 1 aliphatic rings. The molecule has 0 fully saturated rings. The molecule has 23 heavy (non-hydrogen) atoms. The van der Waals surface area contributed by atoms with Crippen molar-refractivity contribution < 1.29 is 9.53 Å². The molecule has 0 spiro atoms. The number of hydrogen-bond acceptors (Lipinski definition) is 3. The van der Waals surface area contributed by atoms with Crippen LogP contribution in [0.4, 0.5) is 11.4 Å². The van der Waals surface area contributed by atoms with Gasteiger partial charge in [-0.1, -0.05) is 17.7 Å². The molecule has 3 rings (SSSR count). The molecule has 1 heterocycles. The molecule has 0 radical (unpaired) electrons. The molecule has 2 N–H and O–H groups in total. The quantitative estimate of drug-likeness (QED) is 0.870. The number of amides is 1. The normalized spacial score (nSPS) is 13.5. The van der Waals surface area contributed by atoms with Gasteiger partial charge in [-0.15, -0.1) is 0 Å². The average molecular weight is 331 g/mol. The van der Waals surface area contributed by atoms with Crippen molar-refractivity contribution in [2.24, 2.45) is 0 Å². The third-order valence-electron chi connectivity index (χ3n) is 3.99. The maximum absolute atomic E-state index is 12.5. The number of fused-ring (bicyclic) bond motifs is 1. The lowest BCUT2D eigenvalue weighted by molar-refractivity contribution is -0.119. The van der Waals surface area contributed by atoms with Crippen molar-refractivity contribution in [1.29, 1.82) is 0 Å². The number of ether oxygens (including phenoxy) is 1. The molecule has 120 valence electrons. The summed E-state index contributed by atoms with van der Waals surface area (Å²) in [6.07, 6.45) is 2.19. The minimum Gasteiger partial charge on any atom is -0.493 e. The van der Waals surface area contributed by atoms with Crippen LogP contribution >= 0.6 is 11.6 Å². The second-order valence-corrected chi connectivity index (χ2v) is 5.98. The molecule has 0 saturated heterocycles. The number of nitrogen functional groups attached to an aromatic ring is 1. The van der Waals surface area contributed by atoms with E-state index in [1.54, 1.807) is 24.3 Å². The Labute approximate surface area is 140 Å². The monoisotopic (exact) mass is 330 g/mol. The van der Waals surface area contributed by atoms with Gasteiger partial charge in [0.2, 0.25) is 5.91 Å². The number of carbonyl (C=O) groups is 1. The summed E-state index contributed by atoms with van der Waals surface area (Å²) in [5, 5.41) is 0.663. The van der Waals surface area contributed by atoms with E-state index in [9.17, 15) is 4.79 Å². The van der Waals surface area contributed by atoms with Crippen molar-refractivity contribution in [2.75, 3.05) is 23.8 Å². The number of nitrogens with zero attached hydrogens (tertiary/aromatic N) is 1. The van der Waals surface area contributed by atoms with Gasteiger partial charge < -0.3 is 15.4 Å². The number of rotatable bonds is 4. The van der Waals surface area contributed by atoms with Crippen LogP contribution in [0.1, 0.15) is 18.4 Å². The van der Waals surface area contributed by atoms with Crippen LogP contribution < -0.4 is 15.4 Å². The van der Waals surface area contributed by atoms with Gasteiger partial charge in [-0.05, 0) is 54.8 Å². The van der Waals surface area contributed by atoms with Gasteiger partial charge in [0.05, 0.1) is 13.0 Å². The predicted molar refractivity (Wildman–Crippen MR) is 93.1 cm³/mol. The summed E-state index contributed by atoms with van der Waals surface area (Å²) in [6.45, 7) is 1.07. The van der Waals surface area contributed by atoms with Crippen LogP contribution in [0.15, 0.2) is 42.5 Å². The van der Waals surface area contributed by atoms with E-state index in [1.165, 1.54) is 0 Å². The number of nitrogens with two attached hydrogens (primary N) is 1. The molecule has 2 aromatic rings. The van der Waals surface area contributed by atoms with Crippen molar-refractivity contribution in [3.63, 3.8) is 0 Å². The van der Waals surface area contributed by atoms with E-state index < -0.39 is 0 Å². The minimum absolute atomic E-state index is 0.0607. The Morgan fingerprint density at radius 3 is 2.78 bits per heavy atom. The maximum Gasteiger partial charge on any atom is 0.230 e. The Morgan fingerprint density at radius 1 is 1.22 bits per heavy atom. The molecule has 4 nitrogen and oxygen atoms in total. The van der Waals surface area contributed by atoms with Crippen LogP contribution in [0.2, 0.25) is 5.02 Å². The van der Waals surface area contributed by atoms with Gasteiger partial charge >= 0.3 is 0 Å². The molecule has 1 amide bonds. The van der Waals surface area contributed by atoms with Gasteiger partial charge in [0.1, 0.15) is 5.75 Å². The van der Waals surface area contributed by atoms with Gasteiger partial charge in [0.25, 0.3) is 0 Å². The number of hydrogen-bond donors (Lipinski definition) is 1. The summed E-state index contributed by atoms with van der Waals surface area (Å²) in [7, 11) is 0. The van der Waals surface area contributed by atoms with Gasteiger partial charge in [0.15, 0.2) is 0 Å². The van der Waals surface area contributed by atoms with E-state index in [1.807, 2.05) is 23.1 Å². The van der Waals surface area contributed by atoms with Crippen molar-refractivity contribution in [3.8, 4) is 5.75 Å². The fraction of sp³-hybridized carbons (Fsp3) is 0.278. The van der Waals surface area contributed by atoms with Crippen LogP contribution in [0, 0.1) is 0 Å². The highest BCUT2D eigenvalue weighted by Gasteiger charge is 2.23. The molecular weight excluding hydrogens is 312 g/mol. The Bertz CT molecular complexity index is 701. The van der Waals surface area contributed by atoms with Crippen molar-refractivity contribution >= 4 is 28.9 Å². The van der Waals surface area contributed by atoms with Crippen LogP contribution in [0.5, 0.6) is 5.75 Å². The predicted octanol–water partition coefficient (Wildman–Crippen LogP) is 3.67. The van der Waals surface area contributed by atoms with Gasteiger partial charge in [0, 0.05) is 22.9 Å². The topological polar surface area (TPSA) is 55.6 Å². The summed E-state index contributed by atoms with van der Waals surface area (Å²) in [5.41, 5.74) is 8.79. The van der Waals surface area contributed by atoms with E-state index in [0.717, 1.165) is 36.3 Å². The fourth-order valence-corrected chi connectivity index (χ4v) is 2.96. The largest absolute Gasteiger partial charge is 0.493 e. The first-order chi connectivity index (χ1) is 11.1. The first kappa shape index (κ1) is 15.7. The van der Waals surface area contributed by atoms with E-state index in [4.69, 9.17) is 22.1 Å². The lowest BCUT2D eigenvalue weighted by Gasteiger charge is -2.30. The highest BCUT2D eigenvalue weighted by molar-refractivity contribution is 6.30. The van der Waals surface area contributed by atoms with Crippen LogP contribution in [-0.2, 0) is 11.2 Å². The molecule has 5 heteroatoms. The third kappa shape index (κ3) is 3.59. The van der Waals surface area contributed by atoms with Crippen molar-refractivity contribution in [2.45, 2.75) is 19.3 Å². The average Bonchev–Trinajstić information content (AvgIpc) is 2.56. The SMILES string of the molecule is Nc1cccc2c1CCCN2C(=O)CCOc1ccc(Cl)cc1. The Kier molecular flexibility index (Phi) is 4.72. The van der Waals surface area contributed by atoms with E-state index in [0.29, 0.717) is 23.8 Å². The molecule has 0 unspecified atom stereocenters. The second kappa shape index (κ2) is 6.92. The number of halogens is 1. The zero-order chi connectivity index (χ0) is 16.2. The molecule has 0 atom stereocenters. The lowest BCUT2D eigenvalue weighted by atomic mass is 9.99. The van der Waals surface area contributed by atoms with Crippen molar-refractivity contribution in [1.82, 2.24) is 0 Å². The summed E-state index contributed by atoms with van der Waals surface area (Å²) >= 11 is 5.83. The maximum atomic E-state index is 12.5. The summed E-state index contributed by atoms with van der Waals surface area (Å²) in [4.78, 5) is 14.3. The Balaban J connectivity index is 1.61. The highest BCUT2D eigenvalue weighted by Crippen LogP contribution is 2.31. The standard InChI is InChI=1S/C18H19ClN2O2/c19-13-6-8-14(9-7-13)23-12-10-18(22)21-11-2-3-15-16(20)4-1-5-17(15)21/h1,4-9H,2-3,10-12,20H2. The molecular formula is C18H19ClN2O2. The molecule has 0 bridgehead atoms. The van der Waals surface area contributed by atoms with E-state index in [-0.39, 0.29) is 5.91 Å². The highest BCUT2D eigenvalue weighted by atomic mass is 35.5. The van der Waals surface area contributed by atoms with Gasteiger partial charge in [-0.3, -0.25) is 4.79 Å². The van der Waals surface area contributed by atoms with Crippen LogP contribution in [0.25, 0.3) is 0 Å². The smallest absolute Gasteiger partial charge is 0.230 e. The van der Waals surface area contributed by atoms with Crippen LogP contribution in [0.3, 0.4) is 0 Å². The zero-order valence-electron chi connectivity index (χ0n) is 12.8. The van der Waals surface area contributed by atoms with E-state index >= 15 is 0 Å².